The van der Waals surface area contributed by atoms with E-state index in [1.54, 1.807) is 16.8 Å². The summed E-state index contributed by atoms with van der Waals surface area (Å²) < 4.78 is 0. The molecule has 0 unspecified atom stereocenters. The van der Waals surface area contributed by atoms with E-state index >= 15 is 0 Å². The minimum Gasteiger partial charge on any atom is -0.354 e. The van der Waals surface area contributed by atoms with Crippen molar-refractivity contribution in [3.63, 3.8) is 0 Å². The zero-order valence-corrected chi connectivity index (χ0v) is 18.1. The first kappa shape index (κ1) is 21.1. The zero-order chi connectivity index (χ0) is 22.0. The molecule has 2 aliphatic rings. The molecule has 0 saturated carbocycles. The van der Waals surface area contributed by atoms with Crippen molar-refractivity contribution in [2.75, 3.05) is 33.2 Å². The Bertz CT molecular complexity index is 986. The predicted molar refractivity (Wildman–Crippen MR) is 119 cm³/mol. The summed E-state index contributed by atoms with van der Waals surface area (Å²) >= 11 is 0. The fourth-order valence-corrected chi connectivity index (χ4v) is 4.49. The number of aryl methyl sites for hydroxylation is 1. The Kier molecular flexibility index (Phi) is 6.07. The second kappa shape index (κ2) is 8.92. The average molecular weight is 420 g/mol. The Hall–Kier alpha value is -3.15. The topological polar surface area (TPSA) is 69.7 Å². The van der Waals surface area contributed by atoms with Gasteiger partial charge in [-0.2, -0.15) is 0 Å². The van der Waals surface area contributed by atoms with Gasteiger partial charge in [0.15, 0.2) is 0 Å². The van der Waals surface area contributed by atoms with E-state index in [9.17, 15) is 14.4 Å². The average Bonchev–Trinajstić information content (AvgIpc) is 2.99. The van der Waals surface area contributed by atoms with Gasteiger partial charge >= 0.3 is 0 Å². The number of hydrogen-bond donors (Lipinski definition) is 1. The van der Waals surface area contributed by atoms with Crippen LogP contribution in [-0.2, 0) is 20.8 Å². The van der Waals surface area contributed by atoms with Crippen LogP contribution in [0.25, 0.3) is 11.1 Å². The molecule has 0 spiro atoms. The van der Waals surface area contributed by atoms with Gasteiger partial charge in [0.25, 0.3) is 0 Å². The molecule has 1 N–H and O–H groups in total. The van der Waals surface area contributed by atoms with Crippen molar-refractivity contribution in [1.82, 2.24) is 15.1 Å². The maximum absolute atomic E-state index is 13.0. The first-order valence-electron chi connectivity index (χ1n) is 10.9. The van der Waals surface area contributed by atoms with Gasteiger partial charge in [-0.15, -0.1) is 0 Å². The predicted octanol–water partition coefficient (Wildman–Crippen LogP) is 2.26. The molecule has 2 atom stereocenters. The smallest absolute Gasteiger partial charge is 0.228 e. The molecule has 2 aliphatic heterocycles. The fraction of sp³-hybridized carbons (Fsp3) is 0.400. The zero-order valence-electron chi connectivity index (χ0n) is 18.1. The lowest BCUT2D eigenvalue weighted by molar-refractivity contribution is -0.136. The van der Waals surface area contributed by atoms with Crippen LogP contribution in [-0.4, -0.2) is 60.7 Å². The Labute approximate surface area is 183 Å². The van der Waals surface area contributed by atoms with Gasteiger partial charge in [-0.05, 0) is 30.0 Å². The van der Waals surface area contributed by atoms with Crippen molar-refractivity contribution in [2.45, 2.75) is 19.8 Å². The third kappa shape index (κ3) is 4.79. The van der Waals surface area contributed by atoms with Gasteiger partial charge in [-0.25, -0.2) is 0 Å². The van der Waals surface area contributed by atoms with Crippen molar-refractivity contribution in [3.8, 4) is 11.1 Å². The van der Waals surface area contributed by atoms with Crippen molar-refractivity contribution in [3.05, 3.63) is 59.7 Å². The summed E-state index contributed by atoms with van der Waals surface area (Å²) in [5, 5.41) is 2.94. The molecule has 162 valence electrons. The summed E-state index contributed by atoms with van der Waals surface area (Å²) in [7, 11) is 1.73. The quantitative estimate of drug-likeness (QED) is 0.827. The van der Waals surface area contributed by atoms with Gasteiger partial charge in [0, 0.05) is 39.6 Å². The third-order valence-corrected chi connectivity index (χ3v) is 6.28. The van der Waals surface area contributed by atoms with E-state index in [1.807, 2.05) is 0 Å². The highest BCUT2D eigenvalue weighted by Gasteiger charge is 2.36. The van der Waals surface area contributed by atoms with Crippen LogP contribution in [0, 0.1) is 18.8 Å². The van der Waals surface area contributed by atoms with Crippen LogP contribution in [0.4, 0.5) is 0 Å². The van der Waals surface area contributed by atoms with Gasteiger partial charge in [0.2, 0.25) is 17.7 Å². The Morgan fingerprint density at radius 3 is 2.52 bits per heavy atom. The standard InChI is InChI=1S/C25H29N3O3/c1-17-4-3-5-20(12-17)19-8-6-18(7-9-19)13-21-16-28(11-10-26-24(21)30)25(31)22-14-23(29)27(2)15-22/h3-9,12,21-22H,10-11,13-16H2,1-2H3,(H,26,30)/t21-,22-/m0/s1. The van der Waals surface area contributed by atoms with Crippen LogP contribution in [0.15, 0.2) is 48.5 Å². The molecular weight excluding hydrogens is 390 g/mol. The van der Waals surface area contributed by atoms with E-state index in [0.29, 0.717) is 32.6 Å². The molecule has 0 radical (unpaired) electrons. The van der Waals surface area contributed by atoms with Gasteiger partial charge in [0.1, 0.15) is 0 Å². The van der Waals surface area contributed by atoms with Crippen molar-refractivity contribution in [2.24, 2.45) is 11.8 Å². The monoisotopic (exact) mass is 419 g/mol. The van der Waals surface area contributed by atoms with E-state index in [0.717, 1.165) is 11.1 Å². The number of hydrogen-bond acceptors (Lipinski definition) is 3. The minimum atomic E-state index is -0.306. The number of nitrogens with zero attached hydrogens (tertiary/aromatic N) is 2. The van der Waals surface area contributed by atoms with E-state index in [4.69, 9.17) is 0 Å². The highest BCUT2D eigenvalue weighted by atomic mass is 16.2. The molecular formula is C25H29N3O3. The molecule has 2 aromatic rings. The molecule has 31 heavy (non-hydrogen) atoms. The van der Waals surface area contributed by atoms with E-state index in [2.05, 4.69) is 60.8 Å². The van der Waals surface area contributed by atoms with Crippen molar-refractivity contribution in [1.29, 1.82) is 0 Å². The molecule has 3 amide bonds. The fourth-order valence-electron chi connectivity index (χ4n) is 4.49. The lowest BCUT2D eigenvalue weighted by atomic mass is 9.95. The van der Waals surface area contributed by atoms with Gasteiger partial charge in [-0.3, -0.25) is 14.4 Å². The van der Waals surface area contributed by atoms with E-state index in [1.165, 1.54) is 11.1 Å². The van der Waals surface area contributed by atoms with Crippen LogP contribution in [0.2, 0.25) is 0 Å². The van der Waals surface area contributed by atoms with Gasteiger partial charge in [0.05, 0.1) is 11.8 Å². The lowest BCUT2D eigenvalue weighted by Crippen LogP contribution is -2.41. The SMILES string of the molecule is Cc1cccc(-c2ccc(C[C@H]3CN(C(=O)[C@H]4CC(=O)N(C)C4)CCNC3=O)cc2)c1. The summed E-state index contributed by atoms with van der Waals surface area (Å²) in [6.07, 6.45) is 0.839. The maximum Gasteiger partial charge on any atom is 0.228 e. The number of amides is 3. The van der Waals surface area contributed by atoms with E-state index in [-0.39, 0.29) is 36.0 Å². The number of nitrogens with one attached hydrogen (secondary N) is 1. The normalized spacial score (nSPS) is 21.7. The molecule has 2 heterocycles. The summed E-state index contributed by atoms with van der Waals surface area (Å²) in [4.78, 5) is 40.8. The van der Waals surface area contributed by atoms with Crippen LogP contribution in [0.3, 0.4) is 0 Å². The highest BCUT2D eigenvalue weighted by molar-refractivity contribution is 5.90. The first-order valence-corrected chi connectivity index (χ1v) is 10.9. The number of rotatable bonds is 4. The number of carbonyl (C=O) groups is 3. The van der Waals surface area contributed by atoms with Crippen molar-refractivity contribution >= 4 is 17.7 Å². The molecule has 0 aromatic heterocycles. The molecule has 4 rings (SSSR count). The molecule has 2 fully saturated rings. The Balaban J connectivity index is 1.44. The number of likely N-dealkylation sites (tertiary alicyclic amines) is 1. The summed E-state index contributed by atoms with van der Waals surface area (Å²) in [6, 6.07) is 16.7. The Morgan fingerprint density at radius 1 is 1.06 bits per heavy atom. The molecule has 2 saturated heterocycles. The highest BCUT2D eigenvalue weighted by Crippen LogP contribution is 2.24. The molecule has 6 heteroatoms. The lowest BCUT2D eigenvalue weighted by Gasteiger charge is -2.25. The largest absolute Gasteiger partial charge is 0.354 e. The summed E-state index contributed by atoms with van der Waals surface area (Å²) in [5.41, 5.74) is 4.61. The van der Waals surface area contributed by atoms with Crippen LogP contribution in [0.5, 0.6) is 0 Å². The summed E-state index contributed by atoms with van der Waals surface area (Å²) in [5.74, 6) is -0.634. The van der Waals surface area contributed by atoms with E-state index < -0.39 is 0 Å². The molecule has 2 aromatic carbocycles. The maximum atomic E-state index is 13.0. The van der Waals surface area contributed by atoms with Gasteiger partial charge in [-0.1, -0.05) is 54.1 Å². The molecule has 6 nitrogen and oxygen atoms in total. The molecule has 0 aliphatic carbocycles. The number of benzene rings is 2. The summed E-state index contributed by atoms with van der Waals surface area (Å²) in [6.45, 7) is 3.86. The second-order valence-electron chi connectivity index (χ2n) is 8.72. The third-order valence-electron chi connectivity index (χ3n) is 6.28. The minimum absolute atomic E-state index is 0.00706. The molecule has 0 bridgehead atoms. The van der Waals surface area contributed by atoms with Crippen LogP contribution < -0.4 is 5.32 Å². The first-order chi connectivity index (χ1) is 14.9. The Morgan fingerprint density at radius 2 is 1.84 bits per heavy atom. The number of carbonyl (C=O) groups excluding carboxylic acids is 3. The van der Waals surface area contributed by atoms with Crippen molar-refractivity contribution < 1.29 is 14.4 Å². The van der Waals surface area contributed by atoms with Gasteiger partial charge < -0.3 is 15.1 Å². The van der Waals surface area contributed by atoms with Crippen LogP contribution >= 0.6 is 0 Å². The van der Waals surface area contributed by atoms with Crippen LogP contribution in [0.1, 0.15) is 17.5 Å². The second-order valence-corrected chi connectivity index (χ2v) is 8.72.